The van der Waals surface area contributed by atoms with Gasteiger partial charge in [-0.1, -0.05) is 0 Å². The summed E-state index contributed by atoms with van der Waals surface area (Å²) < 4.78 is 4.59. The third kappa shape index (κ3) is 2.27. The fraction of sp³-hybridized carbons (Fsp3) is 0.125. The summed E-state index contributed by atoms with van der Waals surface area (Å²) in [7, 11) is 6.46. The van der Waals surface area contributed by atoms with E-state index in [1.165, 1.54) is 7.11 Å². The first-order valence-corrected chi connectivity index (χ1v) is 4.53. The highest BCUT2D eigenvalue weighted by molar-refractivity contribution is 7.29. The van der Waals surface area contributed by atoms with Gasteiger partial charge < -0.3 is 4.74 Å². The lowest BCUT2D eigenvalue weighted by Gasteiger charge is -2.01. The first-order chi connectivity index (χ1) is 5.63. The summed E-state index contributed by atoms with van der Waals surface area (Å²) >= 11 is 0. The molecule has 64 valence electrons. The average molecular weight is 200 g/mol. The maximum Gasteiger partial charge on any atom is 0.337 e. The number of methoxy groups -OCH3 is 1. The summed E-state index contributed by atoms with van der Waals surface area (Å²) in [6.45, 7) is 0. The van der Waals surface area contributed by atoms with Crippen LogP contribution >= 0.6 is 18.5 Å². The lowest BCUT2D eigenvalue weighted by molar-refractivity contribution is 0.0601. The van der Waals surface area contributed by atoms with Gasteiger partial charge in [-0.15, -0.1) is 18.5 Å². The fourth-order valence-corrected chi connectivity index (χ4v) is 1.85. The lowest BCUT2D eigenvalue weighted by atomic mass is 10.2. The molecule has 0 aromatic heterocycles. The summed E-state index contributed by atoms with van der Waals surface area (Å²) in [5.41, 5.74) is 0.579. The third-order valence-corrected chi connectivity index (χ3v) is 2.07. The van der Waals surface area contributed by atoms with Crippen LogP contribution in [0.4, 0.5) is 0 Å². The molecule has 0 bridgehead atoms. The average Bonchev–Trinajstić information content (AvgIpc) is 2.01. The minimum Gasteiger partial charge on any atom is -0.465 e. The zero-order chi connectivity index (χ0) is 9.14. The highest BCUT2D eigenvalue weighted by atomic mass is 31.0. The molecule has 4 heteroatoms. The molecular weight excluding hydrogens is 190 g/mol. The molecule has 1 aromatic rings. The second-order valence-electron chi connectivity index (χ2n) is 2.38. The predicted molar refractivity (Wildman–Crippen MR) is 56.5 cm³/mol. The monoisotopic (exact) mass is 200 g/mol. The van der Waals surface area contributed by atoms with E-state index in [4.69, 9.17) is 0 Å². The molecule has 0 heterocycles. The van der Waals surface area contributed by atoms with E-state index in [2.05, 4.69) is 23.2 Å². The van der Waals surface area contributed by atoms with Gasteiger partial charge in [0, 0.05) is 0 Å². The summed E-state index contributed by atoms with van der Waals surface area (Å²) in [5, 5.41) is 1.95. The molecule has 0 aliphatic rings. The van der Waals surface area contributed by atoms with Crippen LogP contribution < -0.4 is 10.6 Å². The van der Waals surface area contributed by atoms with E-state index < -0.39 is 0 Å². The van der Waals surface area contributed by atoms with Gasteiger partial charge in [-0.05, 0) is 28.8 Å². The number of carbonyl (C=O) groups is 1. The van der Waals surface area contributed by atoms with E-state index in [1.807, 2.05) is 6.07 Å². The Morgan fingerprint density at radius 3 is 2.17 bits per heavy atom. The van der Waals surface area contributed by atoms with Gasteiger partial charge in [0.1, 0.15) is 0 Å². The molecular formula is C8H10O2P2. The molecule has 0 spiro atoms. The van der Waals surface area contributed by atoms with E-state index in [9.17, 15) is 4.79 Å². The Hall–Kier alpha value is -0.450. The molecule has 2 unspecified atom stereocenters. The van der Waals surface area contributed by atoms with E-state index in [0.717, 1.165) is 10.6 Å². The van der Waals surface area contributed by atoms with Crippen molar-refractivity contribution in [3.63, 3.8) is 0 Å². The van der Waals surface area contributed by atoms with Gasteiger partial charge >= 0.3 is 5.97 Å². The lowest BCUT2D eigenvalue weighted by Crippen LogP contribution is -2.09. The summed E-state index contributed by atoms with van der Waals surface area (Å²) in [6.07, 6.45) is 0. The van der Waals surface area contributed by atoms with Gasteiger partial charge in [0.05, 0.1) is 12.7 Å². The van der Waals surface area contributed by atoms with Crippen molar-refractivity contribution in [1.29, 1.82) is 0 Å². The molecule has 0 fully saturated rings. The summed E-state index contributed by atoms with van der Waals surface area (Å²) in [5.74, 6) is -0.303. The Morgan fingerprint density at radius 2 is 1.75 bits per heavy atom. The fourth-order valence-electron chi connectivity index (χ4n) is 0.912. The van der Waals surface area contributed by atoms with Gasteiger partial charge in [-0.25, -0.2) is 4.79 Å². The van der Waals surface area contributed by atoms with E-state index in [1.54, 1.807) is 12.1 Å². The van der Waals surface area contributed by atoms with Gasteiger partial charge in [0.25, 0.3) is 0 Å². The van der Waals surface area contributed by atoms with Crippen LogP contribution in [0.5, 0.6) is 0 Å². The predicted octanol–water partition coefficient (Wildman–Crippen LogP) is 0.474. The number of esters is 1. The van der Waals surface area contributed by atoms with Crippen LogP contribution in [0.2, 0.25) is 0 Å². The van der Waals surface area contributed by atoms with Crippen LogP contribution in [0.15, 0.2) is 18.2 Å². The van der Waals surface area contributed by atoms with Crippen molar-refractivity contribution in [1.82, 2.24) is 0 Å². The normalized spacial score (nSPS) is 9.58. The molecule has 12 heavy (non-hydrogen) atoms. The number of carbonyl (C=O) groups excluding carboxylic acids is 1. The minimum absolute atomic E-state index is 0.303. The first-order valence-electron chi connectivity index (χ1n) is 3.38. The number of hydrogen-bond donors (Lipinski definition) is 0. The Kier molecular flexibility index (Phi) is 3.20. The second-order valence-corrected chi connectivity index (χ2v) is 3.71. The van der Waals surface area contributed by atoms with Crippen molar-refractivity contribution in [3.8, 4) is 0 Å². The Labute approximate surface area is 76.1 Å². The number of rotatable bonds is 1. The Bertz CT molecular complexity index is 290. The molecule has 0 aliphatic carbocycles. The molecule has 0 N–H and O–H groups in total. The first kappa shape index (κ1) is 9.64. The smallest absolute Gasteiger partial charge is 0.337 e. The number of hydrogen-bond acceptors (Lipinski definition) is 2. The topological polar surface area (TPSA) is 26.3 Å². The highest BCUT2D eigenvalue weighted by Gasteiger charge is 2.05. The van der Waals surface area contributed by atoms with Gasteiger partial charge in [0.15, 0.2) is 0 Å². The van der Waals surface area contributed by atoms with Crippen molar-refractivity contribution in [2.75, 3.05) is 7.11 Å². The van der Waals surface area contributed by atoms with E-state index in [0.29, 0.717) is 5.56 Å². The molecule has 1 rings (SSSR count). The highest BCUT2D eigenvalue weighted by Crippen LogP contribution is 2.01. The van der Waals surface area contributed by atoms with Crippen LogP contribution in [-0.2, 0) is 4.74 Å². The minimum atomic E-state index is -0.303. The standard InChI is InChI=1S/C8H10O2P2/c1-10-8(9)5-2-6(11)4-7(12)3-5/h2-4H,11-12H2,1H3. The Balaban J connectivity index is 3.08. The van der Waals surface area contributed by atoms with Crippen molar-refractivity contribution < 1.29 is 9.53 Å². The van der Waals surface area contributed by atoms with Gasteiger partial charge in [0.2, 0.25) is 0 Å². The van der Waals surface area contributed by atoms with Crippen molar-refractivity contribution in [2.24, 2.45) is 0 Å². The molecule has 0 radical (unpaired) electrons. The molecule has 0 saturated heterocycles. The Morgan fingerprint density at radius 1 is 1.25 bits per heavy atom. The molecule has 0 saturated carbocycles. The van der Waals surface area contributed by atoms with Gasteiger partial charge in [-0.2, -0.15) is 0 Å². The SMILES string of the molecule is COC(=O)c1cc(P)cc(P)c1. The zero-order valence-electron chi connectivity index (χ0n) is 6.70. The molecule has 2 atom stereocenters. The summed E-state index contributed by atoms with van der Waals surface area (Å²) in [4.78, 5) is 11.1. The van der Waals surface area contributed by atoms with Crippen LogP contribution in [0.1, 0.15) is 10.4 Å². The van der Waals surface area contributed by atoms with Crippen LogP contribution in [0, 0.1) is 0 Å². The van der Waals surface area contributed by atoms with Crippen molar-refractivity contribution in [2.45, 2.75) is 0 Å². The van der Waals surface area contributed by atoms with Gasteiger partial charge in [-0.3, -0.25) is 0 Å². The molecule has 1 aromatic carbocycles. The maximum absolute atomic E-state index is 11.1. The van der Waals surface area contributed by atoms with Crippen LogP contribution in [-0.4, -0.2) is 13.1 Å². The number of benzene rings is 1. The van der Waals surface area contributed by atoms with E-state index >= 15 is 0 Å². The van der Waals surface area contributed by atoms with E-state index in [-0.39, 0.29) is 5.97 Å². The zero-order valence-corrected chi connectivity index (χ0v) is 9.01. The quantitative estimate of drug-likeness (QED) is 0.486. The third-order valence-electron chi connectivity index (χ3n) is 1.40. The molecule has 2 nitrogen and oxygen atoms in total. The largest absolute Gasteiger partial charge is 0.465 e. The molecule has 0 amide bonds. The van der Waals surface area contributed by atoms with Crippen molar-refractivity contribution in [3.05, 3.63) is 23.8 Å². The second kappa shape index (κ2) is 3.98. The van der Waals surface area contributed by atoms with Crippen LogP contribution in [0.25, 0.3) is 0 Å². The number of ether oxygens (including phenoxy) is 1. The molecule has 0 aliphatic heterocycles. The van der Waals surface area contributed by atoms with Crippen molar-refractivity contribution >= 4 is 35.1 Å². The van der Waals surface area contributed by atoms with Crippen LogP contribution in [0.3, 0.4) is 0 Å². The summed E-state index contributed by atoms with van der Waals surface area (Å²) in [6, 6.07) is 5.48. The maximum atomic E-state index is 11.1.